The Morgan fingerprint density at radius 3 is 2.36 bits per heavy atom. The van der Waals surface area contributed by atoms with Crippen LogP contribution in [0.2, 0.25) is 0 Å². The van der Waals surface area contributed by atoms with Crippen LogP contribution in [0.25, 0.3) is 0 Å². The maximum absolute atomic E-state index is 13.0. The highest BCUT2D eigenvalue weighted by Crippen LogP contribution is 2.29. The van der Waals surface area contributed by atoms with E-state index in [9.17, 15) is 14.4 Å². The normalized spacial score (nSPS) is 20.4. The third-order valence-electron chi connectivity index (χ3n) is 5.38. The van der Waals surface area contributed by atoms with Gasteiger partial charge in [0.2, 0.25) is 5.91 Å². The van der Waals surface area contributed by atoms with Gasteiger partial charge in [-0.3, -0.25) is 14.5 Å². The molecular weight excluding hydrogens is 354 g/mol. The number of imide groups is 1. The molecule has 0 unspecified atom stereocenters. The Balaban J connectivity index is 2.03. The summed E-state index contributed by atoms with van der Waals surface area (Å²) in [5.74, 6) is -0.328. The maximum atomic E-state index is 13.0. The molecule has 0 bridgehead atoms. The fraction of sp³-hybridized carbons (Fsp3) is 0.591. The lowest BCUT2D eigenvalue weighted by Crippen LogP contribution is -2.45. The Bertz CT molecular complexity index is 714. The predicted octanol–water partition coefficient (Wildman–Crippen LogP) is 3.66. The second kappa shape index (κ2) is 9.22. The minimum Gasteiger partial charge on any atom is -0.352 e. The molecule has 154 valence electrons. The average molecular weight is 388 g/mol. The predicted molar refractivity (Wildman–Crippen MR) is 110 cm³/mol. The van der Waals surface area contributed by atoms with Crippen LogP contribution in [0.15, 0.2) is 24.3 Å². The van der Waals surface area contributed by atoms with Crippen LogP contribution < -0.4 is 10.6 Å². The maximum Gasteiger partial charge on any atom is 0.325 e. The summed E-state index contributed by atoms with van der Waals surface area (Å²) >= 11 is 0. The van der Waals surface area contributed by atoms with Crippen LogP contribution in [0.5, 0.6) is 0 Å². The molecule has 2 rings (SSSR count). The van der Waals surface area contributed by atoms with E-state index < -0.39 is 17.5 Å². The Morgan fingerprint density at radius 1 is 1.14 bits per heavy atom. The molecule has 1 aromatic carbocycles. The smallest absolute Gasteiger partial charge is 0.325 e. The fourth-order valence-electron chi connectivity index (χ4n) is 3.47. The summed E-state index contributed by atoms with van der Waals surface area (Å²) in [5.41, 5.74) is 0.725. The van der Waals surface area contributed by atoms with Crippen molar-refractivity contribution in [2.75, 3.05) is 6.54 Å². The van der Waals surface area contributed by atoms with Crippen LogP contribution in [0.1, 0.15) is 77.3 Å². The minimum atomic E-state index is -1.15. The molecule has 1 aromatic rings. The molecule has 6 heteroatoms. The van der Waals surface area contributed by atoms with Crippen LogP contribution in [-0.2, 0) is 15.1 Å². The standard InChI is InChI=1S/C22H33N3O3/c1-6-7-8-9-16(4)23-19(26)14-25-20(27)22(5,24-21(25)28)18-12-10-17(11-13-18)15(2)3/h10-13,15-16H,6-9,14H2,1-5H3,(H,23,26)(H,24,28)/t16-,22-/m1/s1. The second-order valence-corrected chi connectivity index (χ2v) is 8.19. The molecular formula is C22H33N3O3. The van der Waals surface area contributed by atoms with Crippen molar-refractivity contribution in [1.29, 1.82) is 0 Å². The first kappa shape index (κ1) is 21.9. The van der Waals surface area contributed by atoms with Gasteiger partial charge in [-0.15, -0.1) is 0 Å². The Labute approximate surface area is 168 Å². The zero-order valence-corrected chi connectivity index (χ0v) is 17.7. The van der Waals surface area contributed by atoms with Gasteiger partial charge in [0.15, 0.2) is 0 Å². The number of nitrogens with one attached hydrogen (secondary N) is 2. The van der Waals surface area contributed by atoms with E-state index in [0.29, 0.717) is 11.5 Å². The summed E-state index contributed by atoms with van der Waals surface area (Å²) in [6.45, 7) is 9.70. The van der Waals surface area contributed by atoms with Gasteiger partial charge in [0, 0.05) is 6.04 Å². The van der Waals surface area contributed by atoms with Crippen molar-refractivity contribution in [3.63, 3.8) is 0 Å². The summed E-state index contributed by atoms with van der Waals surface area (Å²) in [5, 5.41) is 5.63. The zero-order chi connectivity index (χ0) is 20.9. The van der Waals surface area contributed by atoms with Crippen molar-refractivity contribution >= 4 is 17.8 Å². The molecule has 4 amide bonds. The number of hydrogen-bond donors (Lipinski definition) is 2. The van der Waals surface area contributed by atoms with Crippen molar-refractivity contribution in [2.24, 2.45) is 0 Å². The van der Waals surface area contributed by atoms with Gasteiger partial charge in [0.25, 0.3) is 5.91 Å². The van der Waals surface area contributed by atoms with Crippen LogP contribution >= 0.6 is 0 Å². The first-order valence-electron chi connectivity index (χ1n) is 10.2. The molecule has 1 fully saturated rings. The van der Waals surface area contributed by atoms with Crippen LogP contribution in [0.3, 0.4) is 0 Å². The quantitative estimate of drug-likeness (QED) is 0.501. The van der Waals surface area contributed by atoms with E-state index >= 15 is 0 Å². The zero-order valence-electron chi connectivity index (χ0n) is 17.7. The summed E-state index contributed by atoms with van der Waals surface area (Å²) in [6, 6.07) is 7.17. The summed E-state index contributed by atoms with van der Waals surface area (Å²) in [7, 11) is 0. The lowest BCUT2D eigenvalue weighted by Gasteiger charge is -2.23. The third-order valence-corrected chi connectivity index (χ3v) is 5.38. The molecule has 2 N–H and O–H groups in total. The first-order valence-corrected chi connectivity index (χ1v) is 10.2. The lowest BCUT2D eigenvalue weighted by atomic mass is 9.90. The van der Waals surface area contributed by atoms with Gasteiger partial charge in [0.05, 0.1) is 0 Å². The minimum absolute atomic E-state index is 0.0229. The summed E-state index contributed by atoms with van der Waals surface area (Å²) < 4.78 is 0. The number of carbonyl (C=O) groups is 3. The van der Waals surface area contributed by atoms with Crippen LogP contribution in [0, 0.1) is 0 Å². The van der Waals surface area contributed by atoms with E-state index in [1.807, 2.05) is 31.2 Å². The fourth-order valence-corrected chi connectivity index (χ4v) is 3.47. The summed E-state index contributed by atoms with van der Waals surface area (Å²) in [4.78, 5) is 38.7. The highest BCUT2D eigenvalue weighted by Gasteiger charge is 2.49. The van der Waals surface area contributed by atoms with E-state index in [1.165, 1.54) is 0 Å². The van der Waals surface area contributed by atoms with Crippen molar-refractivity contribution in [3.8, 4) is 0 Å². The van der Waals surface area contributed by atoms with Gasteiger partial charge < -0.3 is 10.6 Å². The van der Waals surface area contributed by atoms with E-state index in [2.05, 4.69) is 31.4 Å². The van der Waals surface area contributed by atoms with Crippen molar-refractivity contribution < 1.29 is 14.4 Å². The summed E-state index contributed by atoms with van der Waals surface area (Å²) in [6.07, 6.45) is 4.19. The van der Waals surface area contributed by atoms with Crippen molar-refractivity contribution in [2.45, 2.75) is 77.8 Å². The number of urea groups is 1. The highest BCUT2D eigenvalue weighted by atomic mass is 16.2. The van der Waals surface area contributed by atoms with Crippen LogP contribution in [0.4, 0.5) is 4.79 Å². The monoisotopic (exact) mass is 387 g/mol. The van der Waals surface area contributed by atoms with Crippen molar-refractivity contribution in [1.82, 2.24) is 15.5 Å². The topological polar surface area (TPSA) is 78.5 Å². The average Bonchev–Trinajstić information content (AvgIpc) is 2.86. The second-order valence-electron chi connectivity index (χ2n) is 8.19. The SMILES string of the molecule is CCCCC[C@@H](C)NC(=O)CN1C(=O)N[C@](C)(c2ccc(C(C)C)cc2)C1=O. The molecule has 1 aliphatic heterocycles. The number of unbranched alkanes of at least 4 members (excludes halogenated alkanes) is 2. The van der Waals surface area contributed by atoms with Gasteiger partial charge >= 0.3 is 6.03 Å². The number of rotatable bonds is 9. The van der Waals surface area contributed by atoms with Gasteiger partial charge in [-0.05, 0) is 37.3 Å². The molecule has 0 radical (unpaired) electrons. The van der Waals surface area contributed by atoms with E-state index in [0.717, 1.165) is 36.1 Å². The van der Waals surface area contributed by atoms with Crippen molar-refractivity contribution in [3.05, 3.63) is 35.4 Å². The number of carbonyl (C=O) groups excluding carboxylic acids is 3. The molecule has 0 aliphatic carbocycles. The molecule has 0 spiro atoms. The van der Waals surface area contributed by atoms with E-state index in [4.69, 9.17) is 0 Å². The molecule has 1 aliphatic rings. The number of benzene rings is 1. The van der Waals surface area contributed by atoms with Gasteiger partial charge in [0.1, 0.15) is 12.1 Å². The Hall–Kier alpha value is -2.37. The number of nitrogens with zero attached hydrogens (tertiary/aromatic N) is 1. The van der Waals surface area contributed by atoms with Gasteiger partial charge in [-0.2, -0.15) is 0 Å². The molecule has 2 atom stereocenters. The Morgan fingerprint density at radius 2 is 1.79 bits per heavy atom. The molecule has 1 saturated heterocycles. The van der Waals surface area contributed by atoms with E-state index in [-0.39, 0.29) is 18.5 Å². The molecule has 6 nitrogen and oxygen atoms in total. The molecule has 0 saturated carbocycles. The number of amides is 4. The number of hydrogen-bond acceptors (Lipinski definition) is 3. The Kier molecular flexibility index (Phi) is 7.22. The molecule has 28 heavy (non-hydrogen) atoms. The molecule has 1 heterocycles. The van der Waals surface area contributed by atoms with Gasteiger partial charge in [-0.25, -0.2) is 4.79 Å². The largest absolute Gasteiger partial charge is 0.352 e. The molecule has 0 aromatic heterocycles. The lowest BCUT2D eigenvalue weighted by molar-refractivity contribution is -0.135. The third kappa shape index (κ3) is 4.91. The van der Waals surface area contributed by atoms with Gasteiger partial charge in [-0.1, -0.05) is 64.3 Å². The van der Waals surface area contributed by atoms with E-state index in [1.54, 1.807) is 6.92 Å². The van der Waals surface area contributed by atoms with Crippen LogP contribution in [-0.4, -0.2) is 35.3 Å². The highest BCUT2D eigenvalue weighted by molar-refractivity contribution is 6.09. The first-order chi connectivity index (χ1) is 13.2.